The summed E-state index contributed by atoms with van der Waals surface area (Å²) in [4.78, 5) is 0. The molecular formula is C8H8N. The molecule has 45 valence electrons. The molecule has 0 N–H and O–H groups in total. The second kappa shape index (κ2) is 2.44. The van der Waals surface area contributed by atoms with Crippen LogP contribution in [0.15, 0.2) is 24.3 Å². The van der Waals surface area contributed by atoms with Crippen molar-refractivity contribution in [2.75, 3.05) is 0 Å². The van der Waals surface area contributed by atoms with Crippen LogP contribution in [0.25, 0.3) is 0 Å². The molecule has 1 nitrogen and oxygen atoms in total. The standard InChI is InChI=1S/C8H8N/c1-7-4-2-3-5-8(7)6-9/h2-6H,1H3. The Kier molecular flexibility index (Phi) is 1.63. The minimum atomic E-state index is 0.887. The molecule has 0 unspecified atom stereocenters. The van der Waals surface area contributed by atoms with Crippen LogP contribution in [-0.4, -0.2) is 6.21 Å². The van der Waals surface area contributed by atoms with E-state index in [1.807, 2.05) is 31.2 Å². The van der Waals surface area contributed by atoms with Crippen LogP contribution < -0.4 is 5.41 Å². The Morgan fingerprint density at radius 2 is 2.00 bits per heavy atom. The fourth-order valence-corrected chi connectivity index (χ4v) is 0.732. The van der Waals surface area contributed by atoms with Crippen LogP contribution >= 0.6 is 0 Å². The zero-order valence-electron chi connectivity index (χ0n) is 5.33. The Morgan fingerprint density at radius 1 is 1.33 bits per heavy atom. The van der Waals surface area contributed by atoms with Gasteiger partial charge in [-0.15, -0.1) is 0 Å². The molecule has 1 aromatic carbocycles. The molecule has 0 spiro atoms. The van der Waals surface area contributed by atoms with Crippen LogP contribution in [0.3, 0.4) is 0 Å². The van der Waals surface area contributed by atoms with Crippen molar-refractivity contribution in [2.45, 2.75) is 6.92 Å². The van der Waals surface area contributed by atoms with Gasteiger partial charge in [-0.1, -0.05) is 24.3 Å². The first-order valence-electron chi connectivity index (χ1n) is 2.87. The van der Waals surface area contributed by atoms with Crippen molar-refractivity contribution in [1.29, 1.82) is 0 Å². The van der Waals surface area contributed by atoms with Crippen molar-refractivity contribution in [1.82, 2.24) is 5.41 Å². The Hall–Kier alpha value is -1.11. The Balaban J connectivity index is 3.15. The van der Waals surface area contributed by atoms with Gasteiger partial charge in [-0.2, -0.15) is 5.41 Å². The molecule has 1 radical (unpaired) electrons. The third-order valence-electron chi connectivity index (χ3n) is 1.33. The van der Waals surface area contributed by atoms with E-state index >= 15 is 0 Å². The van der Waals surface area contributed by atoms with E-state index in [0.29, 0.717) is 0 Å². The summed E-state index contributed by atoms with van der Waals surface area (Å²) in [5, 5.41) is 8.59. The number of hydrogen-bond acceptors (Lipinski definition) is 0. The number of hydrogen-bond donors (Lipinski definition) is 0. The van der Waals surface area contributed by atoms with Gasteiger partial charge in [0, 0.05) is 0 Å². The molecule has 0 saturated carbocycles. The van der Waals surface area contributed by atoms with E-state index in [0.717, 1.165) is 17.3 Å². The topological polar surface area (TPSA) is 22.3 Å². The van der Waals surface area contributed by atoms with E-state index < -0.39 is 0 Å². The summed E-state index contributed by atoms with van der Waals surface area (Å²) in [6.45, 7) is 1.96. The molecular weight excluding hydrogens is 110 g/mol. The molecule has 0 saturated heterocycles. The van der Waals surface area contributed by atoms with Crippen LogP contribution in [0.4, 0.5) is 0 Å². The number of aryl methyl sites for hydroxylation is 1. The molecule has 0 heterocycles. The lowest BCUT2D eigenvalue weighted by Crippen LogP contribution is -1.84. The first kappa shape index (κ1) is 6.02. The van der Waals surface area contributed by atoms with Gasteiger partial charge >= 0.3 is 0 Å². The minimum absolute atomic E-state index is 0.887. The quantitative estimate of drug-likeness (QED) is 0.495. The summed E-state index contributed by atoms with van der Waals surface area (Å²) in [5.41, 5.74) is 1.98. The molecule has 9 heavy (non-hydrogen) atoms. The summed E-state index contributed by atoms with van der Waals surface area (Å²) in [7, 11) is 0. The monoisotopic (exact) mass is 118 g/mol. The van der Waals surface area contributed by atoms with Crippen molar-refractivity contribution in [3.8, 4) is 0 Å². The zero-order chi connectivity index (χ0) is 6.69. The average Bonchev–Trinajstić information content (AvgIpc) is 1.89. The molecule has 0 fully saturated rings. The molecule has 1 heteroatoms. The Labute approximate surface area is 54.8 Å². The summed E-state index contributed by atoms with van der Waals surface area (Å²) >= 11 is 0. The van der Waals surface area contributed by atoms with Crippen molar-refractivity contribution < 1.29 is 0 Å². The van der Waals surface area contributed by atoms with Crippen LogP contribution in [0.2, 0.25) is 0 Å². The molecule has 0 amide bonds. The highest BCUT2D eigenvalue weighted by Gasteiger charge is 1.88. The van der Waals surface area contributed by atoms with E-state index in [4.69, 9.17) is 5.41 Å². The normalized spacial score (nSPS) is 9.00. The predicted octanol–water partition coefficient (Wildman–Crippen LogP) is 1.21. The molecule has 0 bridgehead atoms. The first-order chi connectivity index (χ1) is 4.34. The number of benzene rings is 1. The van der Waals surface area contributed by atoms with E-state index in [2.05, 4.69) is 0 Å². The fraction of sp³-hybridized carbons (Fsp3) is 0.125. The van der Waals surface area contributed by atoms with Gasteiger partial charge in [-0.3, -0.25) is 0 Å². The Bertz CT molecular complexity index is 216. The Morgan fingerprint density at radius 3 is 2.44 bits per heavy atom. The molecule has 1 aromatic rings. The largest absolute Gasteiger partial charge is 0.159 e. The van der Waals surface area contributed by atoms with Crippen LogP contribution in [0.1, 0.15) is 11.1 Å². The van der Waals surface area contributed by atoms with Gasteiger partial charge in [0.15, 0.2) is 0 Å². The van der Waals surface area contributed by atoms with Gasteiger partial charge < -0.3 is 0 Å². The molecule has 0 aliphatic rings. The maximum absolute atomic E-state index is 8.59. The van der Waals surface area contributed by atoms with Crippen molar-refractivity contribution >= 4 is 6.21 Å². The summed E-state index contributed by atoms with van der Waals surface area (Å²) in [5.74, 6) is 0. The second-order valence-electron chi connectivity index (χ2n) is 1.99. The highest BCUT2D eigenvalue weighted by Crippen LogP contribution is 2.01. The zero-order valence-corrected chi connectivity index (χ0v) is 5.33. The highest BCUT2D eigenvalue weighted by atomic mass is 14.3. The van der Waals surface area contributed by atoms with Crippen molar-refractivity contribution in [3.63, 3.8) is 0 Å². The van der Waals surface area contributed by atoms with Gasteiger partial charge in [0.05, 0.1) is 6.21 Å². The molecule has 1 rings (SSSR count). The molecule has 0 aliphatic carbocycles. The van der Waals surface area contributed by atoms with Gasteiger partial charge in [0.2, 0.25) is 0 Å². The smallest absolute Gasteiger partial charge is 0.0570 e. The van der Waals surface area contributed by atoms with E-state index in [9.17, 15) is 0 Å². The lowest BCUT2D eigenvalue weighted by atomic mass is 10.1. The first-order valence-corrected chi connectivity index (χ1v) is 2.87. The van der Waals surface area contributed by atoms with E-state index in [1.54, 1.807) is 0 Å². The highest BCUT2D eigenvalue weighted by molar-refractivity contribution is 5.79. The van der Waals surface area contributed by atoms with Gasteiger partial charge in [0.25, 0.3) is 0 Å². The van der Waals surface area contributed by atoms with Crippen molar-refractivity contribution in [3.05, 3.63) is 35.4 Å². The van der Waals surface area contributed by atoms with E-state index in [1.165, 1.54) is 0 Å². The summed E-state index contributed by atoms with van der Waals surface area (Å²) in [6.07, 6.45) is 1.12. The number of rotatable bonds is 1. The third kappa shape index (κ3) is 1.17. The van der Waals surface area contributed by atoms with Crippen LogP contribution in [-0.2, 0) is 0 Å². The van der Waals surface area contributed by atoms with Crippen LogP contribution in [0.5, 0.6) is 0 Å². The molecule has 0 atom stereocenters. The molecule has 0 aliphatic heterocycles. The third-order valence-corrected chi connectivity index (χ3v) is 1.33. The maximum atomic E-state index is 8.59. The minimum Gasteiger partial charge on any atom is -0.159 e. The maximum Gasteiger partial charge on any atom is 0.0570 e. The van der Waals surface area contributed by atoms with Crippen molar-refractivity contribution in [2.24, 2.45) is 0 Å². The lowest BCUT2D eigenvalue weighted by Gasteiger charge is -1.93. The predicted molar refractivity (Wildman–Crippen MR) is 38.5 cm³/mol. The van der Waals surface area contributed by atoms with E-state index in [-0.39, 0.29) is 0 Å². The summed E-state index contributed by atoms with van der Waals surface area (Å²) < 4.78 is 0. The van der Waals surface area contributed by atoms with Gasteiger partial charge in [0.1, 0.15) is 0 Å². The second-order valence-corrected chi connectivity index (χ2v) is 1.99. The molecule has 0 aromatic heterocycles. The van der Waals surface area contributed by atoms with Gasteiger partial charge in [-0.25, -0.2) is 0 Å². The SMILES string of the molecule is Cc1ccccc1C=[N]. The van der Waals surface area contributed by atoms with Crippen LogP contribution in [0, 0.1) is 6.92 Å². The number of nitrogens with zero attached hydrogens (tertiary/aromatic N) is 1. The fourth-order valence-electron chi connectivity index (χ4n) is 0.732. The average molecular weight is 118 g/mol. The van der Waals surface area contributed by atoms with Gasteiger partial charge in [-0.05, 0) is 18.1 Å². The lowest BCUT2D eigenvalue weighted by molar-refractivity contribution is 1.45. The summed E-state index contributed by atoms with van der Waals surface area (Å²) in [6, 6.07) is 7.68.